The van der Waals surface area contributed by atoms with Crippen LogP contribution in [0, 0.1) is 0 Å². The molecule has 3 heteroatoms. The highest BCUT2D eigenvalue weighted by Crippen LogP contribution is 2.44. The molecule has 0 amide bonds. The Bertz CT molecular complexity index is 2720. The fourth-order valence-electron chi connectivity index (χ4n) is 7.30. The van der Waals surface area contributed by atoms with E-state index in [0.29, 0.717) is 0 Å². The van der Waals surface area contributed by atoms with Crippen LogP contribution < -0.4 is 0 Å². The van der Waals surface area contributed by atoms with Gasteiger partial charge in [-0.3, -0.25) is 0 Å². The Hall–Kier alpha value is -5.38. The van der Waals surface area contributed by atoms with Crippen LogP contribution in [0.4, 0.5) is 0 Å². The molecule has 0 aliphatic heterocycles. The average Bonchev–Trinajstić information content (AvgIpc) is 3.72. The molecule has 0 aliphatic rings. The lowest BCUT2D eigenvalue weighted by atomic mass is 10.0. The summed E-state index contributed by atoms with van der Waals surface area (Å²) in [5.41, 5.74) is 7.29. The molecule has 0 radical (unpaired) electrons. The number of benzene rings is 7. The number of rotatable bonds is 2. The maximum Gasteiger partial charge on any atom is 0.0641 e. The third-order valence-electron chi connectivity index (χ3n) is 9.08. The lowest BCUT2D eigenvalue weighted by Crippen LogP contribution is -1.95. The highest BCUT2D eigenvalue weighted by atomic mass is 32.1. The van der Waals surface area contributed by atoms with Crippen LogP contribution >= 0.6 is 11.3 Å². The summed E-state index contributed by atoms with van der Waals surface area (Å²) in [4.78, 5) is 0. The van der Waals surface area contributed by atoms with Crippen LogP contribution in [0.25, 0.3) is 85.9 Å². The van der Waals surface area contributed by atoms with Gasteiger partial charge in [0.15, 0.2) is 0 Å². The summed E-state index contributed by atoms with van der Waals surface area (Å²) < 4.78 is 7.59. The molecular weight excluding hydrogens is 541 g/mol. The maximum absolute atomic E-state index is 2.52. The van der Waals surface area contributed by atoms with Gasteiger partial charge in [-0.25, -0.2) is 0 Å². The van der Waals surface area contributed by atoms with Crippen molar-refractivity contribution in [1.82, 2.24) is 9.13 Å². The summed E-state index contributed by atoms with van der Waals surface area (Å²) in [7, 11) is 0. The smallest absolute Gasteiger partial charge is 0.0641 e. The summed E-state index contributed by atoms with van der Waals surface area (Å²) in [6, 6.07) is 53.4. The van der Waals surface area contributed by atoms with Crippen molar-refractivity contribution in [3.63, 3.8) is 0 Å². The van der Waals surface area contributed by atoms with Crippen molar-refractivity contribution in [2.24, 2.45) is 0 Å². The van der Waals surface area contributed by atoms with Crippen molar-refractivity contribution < 1.29 is 0 Å². The van der Waals surface area contributed by atoms with Crippen molar-refractivity contribution in [3.05, 3.63) is 146 Å². The molecule has 0 atom stereocenters. The highest BCUT2D eigenvalue weighted by Gasteiger charge is 2.22. The van der Waals surface area contributed by atoms with Gasteiger partial charge in [-0.05, 0) is 65.4 Å². The predicted octanol–water partition coefficient (Wildman–Crippen LogP) is 11.4. The Balaban J connectivity index is 1.45. The molecule has 2 nitrogen and oxygen atoms in total. The molecule has 7 aromatic carbocycles. The van der Waals surface area contributed by atoms with Gasteiger partial charge in [0, 0.05) is 53.1 Å². The minimum atomic E-state index is 1.17. The van der Waals surface area contributed by atoms with E-state index in [-0.39, 0.29) is 0 Å². The summed E-state index contributed by atoms with van der Waals surface area (Å²) in [5, 5.41) is 10.3. The topological polar surface area (TPSA) is 9.86 Å². The van der Waals surface area contributed by atoms with E-state index in [1.165, 1.54) is 85.9 Å². The van der Waals surface area contributed by atoms with Gasteiger partial charge in [0.05, 0.1) is 22.1 Å². The van der Waals surface area contributed by atoms with Crippen LogP contribution in [0.2, 0.25) is 0 Å². The van der Waals surface area contributed by atoms with E-state index in [1.807, 2.05) is 11.3 Å². The van der Waals surface area contributed by atoms with Crippen LogP contribution in [-0.2, 0) is 0 Å². The van der Waals surface area contributed by atoms with Crippen LogP contribution in [-0.4, -0.2) is 9.13 Å². The summed E-state index contributed by atoms with van der Waals surface area (Å²) in [5.74, 6) is 0. The zero-order chi connectivity index (χ0) is 28.1. The van der Waals surface area contributed by atoms with E-state index >= 15 is 0 Å². The van der Waals surface area contributed by atoms with Crippen molar-refractivity contribution in [2.75, 3.05) is 0 Å². The number of hydrogen-bond donors (Lipinski definition) is 0. The molecule has 0 unspecified atom stereocenters. The Morgan fingerprint density at radius 1 is 0.372 bits per heavy atom. The summed E-state index contributed by atoms with van der Waals surface area (Å²) >= 11 is 1.87. The van der Waals surface area contributed by atoms with Gasteiger partial charge in [0.1, 0.15) is 0 Å². The standard InChI is InChI=1S/C40H24N2S/c1-2-11-26(12-3-1)41-33-16-8-6-15-30(33)39-35(41)22-20-31-38-28-13-5-4-10-25(28)18-21-34(38)42(40(31)39)27-19-23-37-32(24-27)29-14-7-9-17-36(29)43-37/h1-24H. The lowest BCUT2D eigenvalue weighted by molar-refractivity contribution is 1.18. The molecule has 0 spiro atoms. The molecule has 10 aromatic rings. The summed E-state index contributed by atoms with van der Waals surface area (Å²) in [6.07, 6.45) is 0. The van der Waals surface area contributed by atoms with Gasteiger partial charge in [-0.15, -0.1) is 11.3 Å². The number of nitrogens with zero attached hydrogens (tertiary/aromatic N) is 2. The molecule has 3 heterocycles. The zero-order valence-electron chi connectivity index (χ0n) is 23.2. The Kier molecular flexibility index (Phi) is 4.63. The number of thiophene rings is 1. The normalized spacial score (nSPS) is 12.2. The van der Waals surface area contributed by atoms with Gasteiger partial charge >= 0.3 is 0 Å². The number of hydrogen-bond acceptors (Lipinski definition) is 1. The molecule has 0 N–H and O–H groups in total. The predicted molar refractivity (Wildman–Crippen MR) is 186 cm³/mol. The third-order valence-corrected chi connectivity index (χ3v) is 10.2. The lowest BCUT2D eigenvalue weighted by Gasteiger charge is -2.10. The first kappa shape index (κ1) is 23.2. The van der Waals surface area contributed by atoms with Crippen molar-refractivity contribution in [3.8, 4) is 11.4 Å². The molecule has 0 saturated carbocycles. The van der Waals surface area contributed by atoms with Gasteiger partial charge in [-0.2, -0.15) is 0 Å². The minimum absolute atomic E-state index is 1.17. The second kappa shape index (κ2) is 8.57. The molecule has 43 heavy (non-hydrogen) atoms. The first-order chi connectivity index (χ1) is 21.3. The van der Waals surface area contributed by atoms with Crippen LogP contribution in [0.15, 0.2) is 146 Å². The maximum atomic E-state index is 2.52. The number of para-hydroxylation sites is 2. The molecule has 0 fully saturated rings. The average molecular weight is 565 g/mol. The quantitative estimate of drug-likeness (QED) is 0.198. The highest BCUT2D eigenvalue weighted by molar-refractivity contribution is 7.25. The van der Waals surface area contributed by atoms with Gasteiger partial charge in [0.25, 0.3) is 0 Å². The minimum Gasteiger partial charge on any atom is -0.309 e. The first-order valence-corrected chi connectivity index (χ1v) is 15.5. The van der Waals surface area contributed by atoms with Crippen LogP contribution in [0.1, 0.15) is 0 Å². The van der Waals surface area contributed by atoms with Gasteiger partial charge in [-0.1, -0.05) is 91.0 Å². The third kappa shape index (κ3) is 3.12. The zero-order valence-corrected chi connectivity index (χ0v) is 24.0. The van der Waals surface area contributed by atoms with E-state index in [0.717, 1.165) is 0 Å². The van der Waals surface area contributed by atoms with Crippen molar-refractivity contribution >= 4 is 85.9 Å². The van der Waals surface area contributed by atoms with E-state index in [2.05, 4.69) is 155 Å². The molecule has 200 valence electrons. The van der Waals surface area contributed by atoms with E-state index in [1.54, 1.807) is 0 Å². The number of fused-ring (bicyclic) bond motifs is 12. The van der Waals surface area contributed by atoms with E-state index in [9.17, 15) is 0 Å². The molecule has 3 aromatic heterocycles. The molecule has 0 aliphatic carbocycles. The van der Waals surface area contributed by atoms with Crippen LogP contribution in [0.3, 0.4) is 0 Å². The number of aromatic nitrogens is 2. The molecule has 0 bridgehead atoms. The monoisotopic (exact) mass is 564 g/mol. The van der Waals surface area contributed by atoms with E-state index in [4.69, 9.17) is 0 Å². The Labute approximate surface area is 251 Å². The Morgan fingerprint density at radius 3 is 1.98 bits per heavy atom. The Morgan fingerprint density at radius 2 is 1.07 bits per heavy atom. The largest absolute Gasteiger partial charge is 0.309 e. The van der Waals surface area contributed by atoms with Crippen LogP contribution in [0.5, 0.6) is 0 Å². The van der Waals surface area contributed by atoms with Gasteiger partial charge < -0.3 is 9.13 Å². The van der Waals surface area contributed by atoms with Crippen molar-refractivity contribution in [1.29, 1.82) is 0 Å². The SMILES string of the molecule is c1ccc(-n2c3ccccc3c3c2ccc2c4c5ccccc5ccc4n(-c4ccc5sc6ccccc6c5c4)c23)cc1. The van der Waals surface area contributed by atoms with Gasteiger partial charge in [0.2, 0.25) is 0 Å². The first-order valence-electron chi connectivity index (χ1n) is 14.7. The fraction of sp³-hybridized carbons (Fsp3) is 0. The molecule has 10 rings (SSSR count). The fourth-order valence-corrected chi connectivity index (χ4v) is 8.39. The summed E-state index contributed by atoms with van der Waals surface area (Å²) in [6.45, 7) is 0. The van der Waals surface area contributed by atoms with E-state index < -0.39 is 0 Å². The molecule has 0 saturated heterocycles. The second-order valence-electron chi connectivity index (χ2n) is 11.3. The second-order valence-corrected chi connectivity index (χ2v) is 12.4. The molecular formula is C40H24N2S. The van der Waals surface area contributed by atoms with Crippen molar-refractivity contribution in [2.45, 2.75) is 0 Å².